The highest BCUT2D eigenvalue weighted by Gasteiger charge is 2.15. The van der Waals surface area contributed by atoms with Crippen molar-refractivity contribution in [1.29, 1.82) is 0 Å². The molecule has 0 spiro atoms. The van der Waals surface area contributed by atoms with Crippen LogP contribution in [0.1, 0.15) is 30.0 Å². The molecule has 3 rings (SSSR count). The first kappa shape index (κ1) is 14.1. The van der Waals surface area contributed by atoms with Crippen LogP contribution >= 0.6 is 0 Å². The summed E-state index contributed by atoms with van der Waals surface area (Å²) in [7, 11) is 0. The van der Waals surface area contributed by atoms with Gasteiger partial charge in [-0.05, 0) is 68.0 Å². The summed E-state index contributed by atoms with van der Waals surface area (Å²) < 4.78 is 19.9. The Hall–Kier alpha value is -1.87. The number of rotatable bonds is 4. The van der Waals surface area contributed by atoms with Gasteiger partial charge in [-0.15, -0.1) is 0 Å². The van der Waals surface area contributed by atoms with E-state index in [1.165, 1.54) is 23.6 Å². The van der Waals surface area contributed by atoms with Crippen LogP contribution in [-0.4, -0.2) is 6.04 Å². The lowest BCUT2D eigenvalue weighted by Crippen LogP contribution is -2.19. The Morgan fingerprint density at radius 2 is 2.00 bits per heavy atom. The molecule has 0 aromatic heterocycles. The van der Waals surface area contributed by atoms with Crippen molar-refractivity contribution in [1.82, 2.24) is 0 Å². The van der Waals surface area contributed by atoms with E-state index in [9.17, 15) is 4.39 Å². The molecule has 21 heavy (non-hydrogen) atoms. The van der Waals surface area contributed by atoms with E-state index in [1.807, 2.05) is 13.0 Å². The van der Waals surface area contributed by atoms with Gasteiger partial charge in [0.25, 0.3) is 0 Å². The third-order valence-electron chi connectivity index (χ3n) is 3.90. The zero-order valence-electron chi connectivity index (χ0n) is 12.2. The first-order chi connectivity index (χ1) is 10.1. The van der Waals surface area contributed by atoms with E-state index in [0.717, 1.165) is 18.6 Å². The number of hydrogen-bond donors (Lipinski definition) is 1. The lowest BCUT2D eigenvalue weighted by molar-refractivity contribution is 0.463. The maximum absolute atomic E-state index is 14.0. The van der Waals surface area contributed by atoms with Crippen molar-refractivity contribution in [2.75, 3.05) is 0 Å². The minimum absolute atomic E-state index is 0.107. The minimum atomic E-state index is -0.258. The predicted molar refractivity (Wildman–Crippen MR) is 82.3 cm³/mol. The molecule has 1 aliphatic carbocycles. The SMILES string of the molecule is CC(N)Cc1c(F)cccc1Oc1ccc2c(c1)CCC2. The van der Waals surface area contributed by atoms with Crippen LogP contribution in [0.4, 0.5) is 4.39 Å². The van der Waals surface area contributed by atoms with E-state index in [1.54, 1.807) is 12.1 Å². The van der Waals surface area contributed by atoms with Crippen LogP contribution in [0.15, 0.2) is 36.4 Å². The van der Waals surface area contributed by atoms with Gasteiger partial charge in [-0.1, -0.05) is 12.1 Å². The molecule has 2 nitrogen and oxygen atoms in total. The van der Waals surface area contributed by atoms with Crippen LogP contribution in [0, 0.1) is 5.82 Å². The molecule has 1 unspecified atom stereocenters. The number of halogens is 1. The molecule has 0 saturated heterocycles. The van der Waals surface area contributed by atoms with Crippen LogP contribution < -0.4 is 10.5 Å². The minimum Gasteiger partial charge on any atom is -0.457 e. The average molecular weight is 285 g/mol. The maximum atomic E-state index is 14.0. The van der Waals surface area contributed by atoms with Gasteiger partial charge in [-0.2, -0.15) is 0 Å². The second-order valence-corrected chi connectivity index (χ2v) is 5.78. The maximum Gasteiger partial charge on any atom is 0.133 e. The standard InChI is InChI=1S/C18H20FNO/c1-12(20)10-16-17(19)6-3-7-18(16)21-15-9-8-13-4-2-5-14(13)11-15/h3,6-9,11-12H,2,4-5,10,20H2,1H3. The summed E-state index contributed by atoms with van der Waals surface area (Å²) >= 11 is 0. The number of benzene rings is 2. The average Bonchev–Trinajstić information content (AvgIpc) is 2.90. The van der Waals surface area contributed by atoms with Crippen LogP contribution in [-0.2, 0) is 19.3 Å². The third-order valence-corrected chi connectivity index (χ3v) is 3.90. The fourth-order valence-electron chi connectivity index (χ4n) is 2.89. The molecule has 0 amide bonds. The van der Waals surface area contributed by atoms with Gasteiger partial charge in [0.15, 0.2) is 0 Å². The molecule has 3 heteroatoms. The molecule has 110 valence electrons. The number of aryl methyl sites for hydroxylation is 2. The van der Waals surface area contributed by atoms with Crippen molar-refractivity contribution in [3.63, 3.8) is 0 Å². The molecule has 1 atom stereocenters. The Labute approximate surface area is 124 Å². The van der Waals surface area contributed by atoms with Crippen molar-refractivity contribution in [2.24, 2.45) is 5.73 Å². The molecule has 0 bridgehead atoms. The lowest BCUT2D eigenvalue weighted by atomic mass is 10.1. The van der Waals surface area contributed by atoms with Crippen molar-refractivity contribution in [3.05, 3.63) is 58.9 Å². The second kappa shape index (κ2) is 5.86. The Morgan fingerprint density at radius 1 is 1.19 bits per heavy atom. The molecular weight excluding hydrogens is 265 g/mol. The zero-order chi connectivity index (χ0) is 14.8. The highest BCUT2D eigenvalue weighted by atomic mass is 19.1. The predicted octanol–water partition coefficient (Wildman–Crippen LogP) is 4.00. The smallest absolute Gasteiger partial charge is 0.133 e. The molecule has 0 saturated carbocycles. The molecule has 0 fully saturated rings. The molecule has 2 aromatic carbocycles. The number of hydrogen-bond acceptors (Lipinski definition) is 2. The van der Waals surface area contributed by atoms with Crippen LogP contribution in [0.2, 0.25) is 0 Å². The summed E-state index contributed by atoms with van der Waals surface area (Å²) in [5, 5.41) is 0. The number of nitrogens with two attached hydrogens (primary N) is 1. The topological polar surface area (TPSA) is 35.2 Å². The largest absolute Gasteiger partial charge is 0.457 e. The fraction of sp³-hybridized carbons (Fsp3) is 0.333. The monoisotopic (exact) mass is 285 g/mol. The molecular formula is C18H20FNO. The third kappa shape index (κ3) is 3.08. The summed E-state index contributed by atoms with van der Waals surface area (Å²) in [6.45, 7) is 1.87. The Bertz CT molecular complexity index is 652. The van der Waals surface area contributed by atoms with Crippen molar-refractivity contribution in [3.8, 4) is 11.5 Å². The normalized spacial score (nSPS) is 14.8. The van der Waals surface area contributed by atoms with Crippen LogP contribution in [0.3, 0.4) is 0 Å². The van der Waals surface area contributed by atoms with Crippen molar-refractivity contribution < 1.29 is 9.13 Å². The van der Waals surface area contributed by atoms with Gasteiger partial charge < -0.3 is 10.5 Å². The Morgan fingerprint density at radius 3 is 2.81 bits per heavy atom. The van der Waals surface area contributed by atoms with E-state index in [-0.39, 0.29) is 11.9 Å². The summed E-state index contributed by atoms with van der Waals surface area (Å²) in [6, 6.07) is 11.0. The summed E-state index contributed by atoms with van der Waals surface area (Å²) in [5.41, 5.74) is 9.10. The molecule has 1 aliphatic rings. The van der Waals surface area contributed by atoms with E-state index in [2.05, 4.69) is 12.1 Å². The number of ether oxygens (including phenoxy) is 1. The zero-order valence-corrected chi connectivity index (χ0v) is 12.2. The Kier molecular flexibility index (Phi) is 3.93. The first-order valence-corrected chi connectivity index (χ1v) is 7.46. The van der Waals surface area contributed by atoms with Gasteiger partial charge in [0.1, 0.15) is 17.3 Å². The van der Waals surface area contributed by atoms with Gasteiger partial charge in [-0.25, -0.2) is 4.39 Å². The first-order valence-electron chi connectivity index (χ1n) is 7.46. The van der Waals surface area contributed by atoms with Gasteiger partial charge in [0.05, 0.1) is 0 Å². The van der Waals surface area contributed by atoms with Crippen molar-refractivity contribution in [2.45, 2.75) is 38.6 Å². The highest BCUT2D eigenvalue weighted by molar-refractivity contribution is 5.43. The van der Waals surface area contributed by atoms with Crippen LogP contribution in [0.25, 0.3) is 0 Å². The number of fused-ring (bicyclic) bond motifs is 1. The molecule has 2 aromatic rings. The van der Waals surface area contributed by atoms with Gasteiger partial charge in [0, 0.05) is 11.6 Å². The van der Waals surface area contributed by atoms with Gasteiger partial charge in [0.2, 0.25) is 0 Å². The Balaban J connectivity index is 1.89. The summed E-state index contributed by atoms with van der Waals surface area (Å²) in [6.07, 6.45) is 3.91. The quantitative estimate of drug-likeness (QED) is 0.921. The molecule has 0 heterocycles. The highest BCUT2D eigenvalue weighted by Crippen LogP contribution is 2.31. The molecule has 0 aliphatic heterocycles. The van der Waals surface area contributed by atoms with Crippen LogP contribution in [0.5, 0.6) is 11.5 Å². The van der Waals surface area contributed by atoms with E-state index in [0.29, 0.717) is 17.7 Å². The lowest BCUT2D eigenvalue weighted by Gasteiger charge is -2.14. The summed E-state index contributed by atoms with van der Waals surface area (Å²) in [5.74, 6) is 1.07. The van der Waals surface area contributed by atoms with Crippen molar-refractivity contribution >= 4 is 0 Å². The van der Waals surface area contributed by atoms with Gasteiger partial charge >= 0.3 is 0 Å². The molecule has 0 radical (unpaired) electrons. The van der Waals surface area contributed by atoms with E-state index < -0.39 is 0 Å². The summed E-state index contributed by atoms with van der Waals surface area (Å²) in [4.78, 5) is 0. The van der Waals surface area contributed by atoms with Gasteiger partial charge in [-0.3, -0.25) is 0 Å². The second-order valence-electron chi connectivity index (χ2n) is 5.78. The fourth-order valence-corrected chi connectivity index (χ4v) is 2.89. The van der Waals surface area contributed by atoms with E-state index >= 15 is 0 Å². The van der Waals surface area contributed by atoms with E-state index in [4.69, 9.17) is 10.5 Å². The molecule has 2 N–H and O–H groups in total.